The summed E-state index contributed by atoms with van der Waals surface area (Å²) in [5, 5.41) is 0.506. The first-order valence-corrected chi connectivity index (χ1v) is 11.0. The Kier molecular flexibility index (Phi) is 6.59. The molecule has 30 heavy (non-hydrogen) atoms. The van der Waals surface area contributed by atoms with Gasteiger partial charge in [0.15, 0.2) is 0 Å². The molecule has 0 unspecified atom stereocenters. The standard InChI is InChI=1S/C23H21ClN2O3S/c1-3-16-26(21-14-12-19(24)13-15-21)30(28,29)22-11-7-8-18(17-22)23(27)25(2)20-9-5-4-6-10-20/h3-15,17H,1,16H2,2H3. The zero-order valence-electron chi connectivity index (χ0n) is 16.4. The van der Waals surface area contributed by atoms with Gasteiger partial charge in [0.2, 0.25) is 0 Å². The molecule has 0 aliphatic rings. The van der Waals surface area contributed by atoms with E-state index in [1.165, 1.54) is 27.4 Å². The van der Waals surface area contributed by atoms with Crippen LogP contribution in [0.15, 0.2) is 96.4 Å². The van der Waals surface area contributed by atoms with Gasteiger partial charge in [0.05, 0.1) is 17.1 Å². The number of amides is 1. The zero-order valence-corrected chi connectivity index (χ0v) is 18.0. The molecular weight excluding hydrogens is 420 g/mol. The van der Waals surface area contributed by atoms with Gasteiger partial charge in [0.25, 0.3) is 15.9 Å². The van der Waals surface area contributed by atoms with Gasteiger partial charge in [0, 0.05) is 23.3 Å². The number of benzene rings is 3. The lowest BCUT2D eigenvalue weighted by Crippen LogP contribution is -2.31. The van der Waals surface area contributed by atoms with Crippen LogP contribution >= 0.6 is 11.6 Å². The summed E-state index contributed by atoms with van der Waals surface area (Å²) in [7, 11) is -2.28. The van der Waals surface area contributed by atoms with Crippen LogP contribution in [0.2, 0.25) is 5.02 Å². The van der Waals surface area contributed by atoms with Gasteiger partial charge in [-0.25, -0.2) is 8.42 Å². The smallest absolute Gasteiger partial charge is 0.264 e. The van der Waals surface area contributed by atoms with Crippen LogP contribution in [-0.2, 0) is 10.0 Å². The number of nitrogens with zero attached hydrogens (tertiary/aromatic N) is 2. The third kappa shape index (κ3) is 4.56. The highest BCUT2D eigenvalue weighted by Gasteiger charge is 2.25. The van der Waals surface area contributed by atoms with Crippen molar-refractivity contribution in [3.63, 3.8) is 0 Å². The van der Waals surface area contributed by atoms with Crippen molar-refractivity contribution in [2.45, 2.75) is 4.90 Å². The normalized spacial score (nSPS) is 11.0. The molecule has 0 aliphatic carbocycles. The summed E-state index contributed by atoms with van der Waals surface area (Å²) < 4.78 is 27.9. The number of sulfonamides is 1. The largest absolute Gasteiger partial charge is 0.311 e. The molecule has 0 heterocycles. The molecule has 0 radical (unpaired) electrons. The predicted molar refractivity (Wildman–Crippen MR) is 122 cm³/mol. The van der Waals surface area contributed by atoms with Crippen LogP contribution in [0.25, 0.3) is 0 Å². The SMILES string of the molecule is C=CCN(c1ccc(Cl)cc1)S(=O)(=O)c1cccc(C(=O)N(C)c2ccccc2)c1. The number of hydrogen-bond acceptors (Lipinski definition) is 3. The molecule has 5 nitrogen and oxygen atoms in total. The predicted octanol–water partition coefficient (Wildman–Crippen LogP) is 5.00. The summed E-state index contributed by atoms with van der Waals surface area (Å²) in [4.78, 5) is 14.4. The van der Waals surface area contributed by atoms with E-state index in [1.807, 2.05) is 30.3 Å². The summed E-state index contributed by atoms with van der Waals surface area (Å²) in [5.41, 5.74) is 1.44. The highest BCUT2D eigenvalue weighted by molar-refractivity contribution is 7.92. The molecule has 7 heteroatoms. The van der Waals surface area contributed by atoms with Crippen molar-refractivity contribution in [2.24, 2.45) is 0 Å². The number of carbonyl (C=O) groups is 1. The van der Waals surface area contributed by atoms with E-state index >= 15 is 0 Å². The lowest BCUT2D eigenvalue weighted by atomic mass is 10.2. The molecule has 0 fully saturated rings. The lowest BCUT2D eigenvalue weighted by Gasteiger charge is -2.24. The van der Waals surface area contributed by atoms with Gasteiger partial charge in [0.1, 0.15) is 0 Å². The first-order valence-electron chi connectivity index (χ1n) is 9.17. The van der Waals surface area contributed by atoms with Crippen LogP contribution in [0, 0.1) is 0 Å². The van der Waals surface area contributed by atoms with Gasteiger partial charge in [-0.1, -0.05) is 41.9 Å². The first kappa shape index (κ1) is 21.6. The van der Waals surface area contributed by atoms with Gasteiger partial charge >= 0.3 is 0 Å². The third-order valence-electron chi connectivity index (χ3n) is 4.53. The van der Waals surface area contributed by atoms with Crippen molar-refractivity contribution in [3.05, 3.63) is 102 Å². The number of rotatable bonds is 7. The molecule has 0 spiro atoms. The van der Waals surface area contributed by atoms with Crippen LogP contribution < -0.4 is 9.21 Å². The van der Waals surface area contributed by atoms with E-state index in [0.717, 1.165) is 0 Å². The highest BCUT2D eigenvalue weighted by Crippen LogP contribution is 2.26. The van der Waals surface area contributed by atoms with Crippen molar-refractivity contribution in [1.29, 1.82) is 0 Å². The Hall–Kier alpha value is -3.09. The fourth-order valence-electron chi connectivity index (χ4n) is 2.95. The number of halogens is 1. The van der Waals surface area contributed by atoms with Crippen molar-refractivity contribution in [2.75, 3.05) is 22.8 Å². The monoisotopic (exact) mass is 440 g/mol. The topological polar surface area (TPSA) is 57.7 Å². The summed E-state index contributed by atoms with van der Waals surface area (Å²) in [6, 6.07) is 21.7. The molecule has 0 aliphatic heterocycles. The van der Waals surface area contributed by atoms with Crippen molar-refractivity contribution in [1.82, 2.24) is 0 Å². The lowest BCUT2D eigenvalue weighted by molar-refractivity contribution is 0.0993. The third-order valence-corrected chi connectivity index (χ3v) is 6.57. The van der Waals surface area contributed by atoms with Gasteiger partial charge < -0.3 is 4.90 Å². The maximum absolute atomic E-state index is 13.3. The molecule has 0 aromatic heterocycles. The second-order valence-corrected chi connectivity index (χ2v) is 8.83. The molecule has 154 valence electrons. The second-order valence-electron chi connectivity index (χ2n) is 6.53. The molecule has 3 aromatic rings. The summed E-state index contributed by atoms with van der Waals surface area (Å²) >= 11 is 5.93. The average Bonchev–Trinajstić information content (AvgIpc) is 2.78. The van der Waals surface area contributed by atoms with E-state index < -0.39 is 10.0 Å². The quantitative estimate of drug-likeness (QED) is 0.486. The van der Waals surface area contributed by atoms with Crippen LogP contribution in [0.3, 0.4) is 0 Å². The first-order chi connectivity index (χ1) is 14.3. The highest BCUT2D eigenvalue weighted by atomic mass is 35.5. The summed E-state index contributed by atoms with van der Waals surface area (Å²) in [5.74, 6) is -0.306. The molecular formula is C23H21ClN2O3S. The van der Waals surface area contributed by atoms with Crippen LogP contribution in [0.5, 0.6) is 0 Å². The van der Waals surface area contributed by atoms with Crippen LogP contribution in [0.4, 0.5) is 11.4 Å². The molecule has 0 N–H and O–H groups in total. The fourth-order valence-corrected chi connectivity index (χ4v) is 4.55. The van der Waals surface area contributed by atoms with Gasteiger partial charge in [-0.15, -0.1) is 6.58 Å². The van der Waals surface area contributed by atoms with Crippen LogP contribution in [0.1, 0.15) is 10.4 Å². The van der Waals surface area contributed by atoms with Crippen molar-refractivity contribution in [3.8, 4) is 0 Å². The van der Waals surface area contributed by atoms with E-state index in [4.69, 9.17) is 11.6 Å². The number of carbonyl (C=O) groups excluding carboxylic acids is 1. The Labute approximate surface area is 181 Å². The summed E-state index contributed by atoms with van der Waals surface area (Å²) in [6.45, 7) is 3.74. The van der Waals surface area contributed by atoms with Crippen molar-refractivity contribution < 1.29 is 13.2 Å². The Balaban J connectivity index is 1.97. The molecule has 0 saturated heterocycles. The van der Waals surface area contributed by atoms with Gasteiger partial charge in [-0.3, -0.25) is 9.10 Å². The second kappa shape index (κ2) is 9.15. The van der Waals surface area contributed by atoms with Crippen LogP contribution in [-0.4, -0.2) is 27.9 Å². The molecule has 1 amide bonds. The maximum Gasteiger partial charge on any atom is 0.264 e. The molecule has 0 atom stereocenters. The van der Waals surface area contributed by atoms with E-state index in [1.54, 1.807) is 43.4 Å². The van der Waals surface area contributed by atoms with E-state index in [9.17, 15) is 13.2 Å². The van der Waals surface area contributed by atoms with E-state index in [-0.39, 0.29) is 22.9 Å². The average molecular weight is 441 g/mol. The minimum Gasteiger partial charge on any atom is -0.311 e. The minimum absolute atomic E-state index is 0.0200. The van der Waals surface area contributed by atoms with Gasteiger partial charge in [-0.2, -0.15) is 0 Å². The van der Waals surface area contributed by atoms with Gasteiger partial charge in [-0.05, 0) is 54.6 Å². The molecule has 0 bridgehead atoms. The minimum atomic E-state index is -3.93. The zero-order chi connectivity index (χ0) is 21.7. The Morgan fingerprint density at radius 3 is 2.27 bits per heavy atom. The Morgan fingerprint density at radius 1 is 0.967 bits per heavy atom. The molecule has 0 saturated carbocycles. The summed E-state index contributed by atoms with van der Waals surface area (Å²) in [6.07, 6.45) is 1.50. The Morgan fingerprint density at radius 2 is 1.63 bits per heavy atom. The molecule has 3 aromatic carbocycles. The number of hydrogen-bond donors (Lipinski definition) is 0. The number of para-hydroxylation sites is 1. The van der Waals surface area contributed by atoms with E-state index in [0.29, 0.717) is 16.4 Å². The van der Waals surface area contributed by atoms with E-state index in [2.05, 4.69) is 6.58 Å². The number of anilines is 2. The Bertz CT molecular complexity index is 1150. The fraction of sp³-hybridized carbons (Fsp3) is 0.0870. The van der Waals surface area contributed by atoms with Crippen molar-refractivity contribution >= 4 is 38.9 Å². The maximum atomic E-state index is 13.3. The molecule has 3 rings (SSSR count).